The highest BCUT2D eigenvalue weighted by Gasteiger charge is 1.99. The largest absolute Gasteiger partial charge is 0.242 e. The third kappa shape index (κ3) is 2.51. The summed E-state index contributed by atoms with van der Waals surface area (Å²) in [6.07, 6.45) is 6.07. The van der Waals surface area contributed by atoms with Crippen LogP contribution in [-0.2, 0) is 0 Å². The van der Waals surface area contributed by atoms with Gasteiger partial charge in [0.05, 0.1) is 0 Å². The molecule has 0 aromatic rings. The molecule has 1 aliphatic rings. The first-order chi connectivity index (χ1) is 5.22. The molecule has 0 unspecified atom stereocenters. The van der Waals surface area contributed by atoms with E-state index in [9.17, 15) is 0 Å². The summed E-state index contributed by atoms with van der Waals surface area (Å²) >= 11 is 5.78. The molecule has 1 nitrogen and oxygen atoms in total. The molecule has 0 aromatic carbocycles. The summed E-state index contributed by atoms with van der Waals surface area (Å²) in [5, 5.41) is 0.613. The van der Waals surface area contributed by atoms with Gasteiger partial charge < -0.3 is 0 Å². The fourth-order valence-electron chi connectivity index (χ4n) is 1.06. The standard InChI is InChI=1S/C9H12ClN/c1-3-8-4-5-9(10)11-7(2)6-8/h5-6H,3-4H2,1-2H3. The summed E-state index contributed by atoms with van der Waals surface area (Å²) in [5.41, 5.74) is 2.39. The first-order valence-electron chi connectivity index (χ1n) is 3.82. The van der Waals surface area contributed by atoms with Gasteiger partial charge in [-0.25, -0.2) is 4.99 Å². The maximum atomic E-state index is 5.78. The van der Waals surface area contributed by atoms with Gasteiger partial charge in [0.15, 0.2) is 0 Å². The van der Waals surface area contributed by atoms with E-state index in [1.165, 1.54) is 5.57 Å². The van der Waals surface area contributed by atoms with Crippen LogP contribution >= 0.6 is 11.6 Å². The van der Waals surface area contributed by atoms with Crippen LogP contribution in [0.15, 0.2) is 27.9 Å². The molecule has 0 saturated heterocycles. The van der Waals surface area contributed by atoms with E-state index in [1.54, 1.807) is 0 Å². The number of halogens is 1. The van der Waals surface area contributed by atoms with Gasteiger partial charge in [-0.2, -0.15) is 0 Å². The lowest BCUT2D eigenvalue weighted by molar-refractivity contribution is 1.03. The van der Waals surface area contributed by atoms with Gasteiger partial charge >= 0.3 is 0 Å². The lowest BCUT2D eigenvalue weighted by Gasteiger charge is -1.95. The zero-order valence-electron chi connectivity index (χ0n) is 6.89. The Hall–Kier alpha value is -0.560. The van der Waals surface area contributed by atoms with Gasteiger partial charge in [0.2, 0.25) is 0 Å². The number of hydrogen-bond donors (Lipinski definition) is 0. The molecule has 0 bridgehead atoms. The minimum Gasteiger partial charge on any atom is -0.242 e. The molecule has 0 aliphatic carbocycles. The second-order valence-electron chi connectivity index (χ2n) is 2.64. The van der Waals surface area contributed by atoms with Crippen LogP contribution in [0.2, 0.25) is 0 Å². The van der Waals surface area contributed by atoms with E-state index < -0.39 is 0 Å². The van der Waals surface area contributed by atoms with Gasteiger partial charge in [0.1, 0.15) is 5.16 Å². The maximum absolute atomic E-state index is 5.78. The summed E-state index contributed by atoms with van der Waals surface area (Å²) < 4.78 is 0. The molecular formula is C9H12ClN. The predicted molar refractivity (Wildman–Crippen MR) is 50.0 cm³/mol. The molecule has 0 radical (unpaired) electrons. The van der Waals surface area contributed by atoms with E-state index in [0.717, 1.165) is 18.6 Å². The normalized spacial score (nSPS) is 18.3. The second kappa shape index (κ2) is 3.72. The van der Waals surface area contributed by atoms with Crippen molar-refractivity contribution in [3.8, 4) is 0 Å². The third-order valence-electron chi connectivity index (χ3n) is 1.68. The second-order valence-corrected chi connectivity index (χ2v) is 3.03. The van der Waals surface area contributed by atoms with E-state index in [-0.39, 0.29) is 0 Å². The fraction of sp³-hybridized carbons (Fsp3) is 0.444. The van der Waals surface area contributed by atoms with E-state index in [0.29, 0.717) is 5.16 Å². The summed E-state index contributed by atoms with van der Waals surface area (Å²) in [4.78, 5) is 4.14. The van der Waals surface area contributed by atoms with Crippen molar-refractivity contribution in [1.82, 2.24) is 0 Å². The highest BCUT2D eigenvalue weighted by atomic mass is 35.5. The van der Waals surface area contributed by atoms with Gasteiger partial charge in [-0.05, 0) is 31.9 Å². The monoisotopic (exact) mass is 169 g/mol. The molecular weight excluding hydrogens is 158 g/mol. The molecule has 0 aromatic heterocycles. The van der Waals surface area contributed by atoms with Crippen LogP contribution in [0.4, 0.5) is 0 Å². The summed E-state index contributed by atoms with van der Waals surface area (Å²) in [7, 11) is 0. The molecule has 11 heavy (non-hydrogen) atoms. The van der Waals surface area contributed by atoms with Gasteiger partial charge in [-0.1, -0.05) is 24.1 Å². The average Bonchev–Trinajstić information content (AvgIpc) is 2.11. The van der Waals surface area contributed by atoms with Crippen molar-refractivity contribution < 1.29 is 0 Å². The SMILES string of the molecule is CCC1=CC(C)=NC(Cl)=CC1. The molecule has 0 atom stereocenters. The molecule has 0 fully saturated rings. The van der Waals surface area contributed by atoms with Gasteiger partial charge in [0.25, 0.3) is 0 Å². The molecule has 60 valence electrons. The Labute approximate surface area is 72.5 Å². The van der Waals surface area contributed by atoms with E-state index in [4.69, 9.17) is 11.6 Å². The van der Waals surface area contributed by atoms with Crippen molar-refractivity contribution in [1.29, 1.82) is 0 Å². The summed E-state index contributed by atoms with van der Waals surface area (Å²) in [6, 6.07) is 0. The molecule has 1 rings (SSSR count). The third-order valence-corrected chi connectivity index (χ3v) is 1.92. The van der Waals surface area contributed by atoms with Crippen molar-refractivity contribution in [2.24, 2.45) is 4.99 Å². The molecule has 0 spiro atoms. The van der Waals surface area contributed by atoms with Crippen molar-refractivity contribution in [2.75, 3.05) is 0 Å². The molecule has 1 heterocycles. The lowest BCUT2D eigenvalue weighted by Crippen LogP contribution is -1.85. The molecule has 2 heteroatoms. The minimum atomic E-state index is 0.613. The average molecular weight is 170 g/mol. The van der Waals surface area contributed by atoms with Crippen LogP contribution in [0.3, 0.4) is 0 Å². The number of hydrogen-bond acceptors (Lipinski definition) is 1. The Kier molecular flexibility index (Phi) is 2.89. The lowest BCUT2D eigenvalue weighted by atomic mass is 10.1. The topological polar surface area (TPSA) is 12.4 Å². The minimum absolute atomic E-state index is 0.613. The molecule has 0 N–H and O–H groups in total. The van der Waals surface area contributed by atoms with E-state index in [2.05, 4.69) is 18.0 Å². The summed E-state index contributed by atoms with van der Waals surface area (Å²) in [6.45, 7) is 4.11. The van der Waals surface area contributed by atoms with Crippen molar-refractivity contribution in [2.45, 2.75) is 26.7 Å². The van der Waals surface area contributed by atoms with Crippen molar-refractivity contribution >= 4 is 17.3 Å². The molecule has 0 saturated carbocycles. The van der Waals surface area contributed by atoms with Crippen LogP contribution in [0.1, 0.15) is 26.7 Å². The zero-order valence-corrected chi connectivity index (χ0v) is 7.65. The predicted octanol–water partition coefficient (Wildman–Crippen LogP) is 3.27. The first-order valence-corrected chi connectivity index (χ1v) is 4.20. The maximum Gasteiger partial charge on any atom is 0.125 e. The van der Waals surface area contributed by atoms with Crippen LogP contribution in [0.25, 0.3) is 0 Å². The van der Waals surface area contributed by atoms with Crippen LogP contribution in [0.5, 0.6) is 0 Å². The van der Waals surface area contributed by atoms with E-state index in [1.807, 2.05) is 13.0 Å². The smallest absolute Gasteiger partial charge is 0.125 e. The number of allylic oxidation sites excluding steroid dienone is 3. The van der Waals surface area contributed by atoms with Crippen LogP contribution in [-0.4, -0.2) is 5.71 Å². The molecule has 1 aliphatic heterocycles. The Balaban J connectivity index is 2.85. The quantitative estimate of drug-likeness (QED) is 0.535. The fourth-order valence-corrected chi connectivity index (χ4v) is 1.27. The number of rotatable bonds is 1. The number of nitrogens with zero attached hydrogens (tertiary/aromatic N) is 1. The Morgan fingerprint density at radius 1 is 1.64 bits per heavy atom. The van der Waals surface area contributed by atoms with Gasteiger partial charge in [-0.15, -0.1) is 0 Å². The Morgan fingerprint density at radius 2 is 2.36 bits per heavy atom. The van der Waals surface area contributed by atoms with Crippen molar-refractivity contribution in [3.05, 3.63) is 22.9 Å². The highest BCUT2D eigenvalue weighted by molar-refractivity contribution is 6.30. The van der Waals surface area contributed by atoms with Gasteiger partial charge in [0, 0.05) is 5.71 Å². The van der Waals surface area contributed by atoms with Crippen LogP contribution in [0, 0.1) is 0 Å². The Bertz CT molecular complexity index is 236. The van der Waals surface area contributed by atoms with Crippen molar-refractivity contribution in [3.63, 3.8) is 0 Å². The Morgan fingerprint density at radius 3 is 3.00 bits per heavy atom. The first kappa shape index (κ1) is 8.54. The van der Waals surface area contributed by atoms with E-state index >= 15 is 0 Å². The highest BCUT2D eigenvalue weighted by Crippen LogP contribution is 2.16. The zero-order chi connectivity index (χ0) is 8.27. The van der Waals surface area contributed by atoms with Crippen LogP contribution < -0.4 is 0 Å². The number of aliphatic imine (C=N–C) groups is 1. The van der Waals surface area contributed by atoms with Gasteiger partial charge in [-0.3, -0.25) is 0 Å². The molecule has 0 amide bonds. The summed E-state index contributed by atoms with van der Waals surface area (Å²) in [5.74, 6) is 0.